The van der Waals surface area contributed by atoms with Crippen molar-refractivity contribution < 1.29 is 19.1 Å². The highest BCUT2D eigenvalue weighted by atomic mass is 16.5. The fraction of sp³-hybridized carbons (Fsp3) is 0.222. The Morgan fingerprint density at radius 1 is 1.00 bits per heavy atom. The Hall–Kier alpha value is -4.13. The predicted octanol–water partition coefficient (Wildman–Crippen LogP) is 4.78. The van der Waals surface area contributed by atoms with Gasteiger partial charge in [-0.15, -0.1) is 0 Å². The third-order valence-corrected chi connectivity index (χ3v) is 5.73. The second-order valence-electron chi connectivity index (χ2n) is 8.13. The number of carbonyl (C=O) groups excluding carboxylic acids is 3. The molecule has 0 bridgehead atoms. The van der Waals surface area contributed by atoms with Crippen LogP contribution in [0.15, 0.2) is 72.8 Å². The highest BCUT2D eigenvalue weighted by molar-refractivity contribution is 6.07. The van der Waals surface area contributed by atoms with Crippen LogP contribution >= 0.6 is 0 Å². The number of ether oxygens (including phenoxy) is 1. The van der Waals surface area contributed by atoms with E-state index in [1.807, 2.05) is 60.4 Å². The van der Waals surface area contributed by atoms with E-state index in [-0.39, 0.29) is 25.1 Å². The Morgan fingerprint density at radius 2 is 1.74 bits per heavy atom. The molecule has 0 fully saturated rings. The van der Waals surface area contributed by atoms with E-state index in [4.69, 9.17) is 4.74 Å². The summed E-state index contributed by atoms with van der Waals surface area (Å²) in [6.07, 6.45) is 0.784. The largest absolute Gasteiger partial charge is 0.462 e. The Bertz CT molecular complexity index is 1210. The Morgan fingerprint density at radius 3 is 2.50 bits per heavy atom. The zero-order chi connectivity index (χ0) is 24.1. The summed E-state index contributed by atoms with van der Waals surface area (Å²) in [4.78, 5) is 39.6. The number of urea groups is 1. The quantitative estimate of drug-likeness (QED) is 0.522. The van der Waals surface area contributed by atoms with Crippen molar-refractivity contribution in [2.75, 3.05) is 16.8 Å². The summed E-state index contributed by atoms with van der Waals surface area (Å²) >= 11 is 0. The molecule has 0 spiro atoms. The van der Waals surface area contributed by atoms with E-state index >= 15 is 0 Å². The van der Waals surface area contributed by atoms with Crippen LogP contribution in [0.1, 0.15) is 45.7 Å². The van der Waals surface area contributed by atoms with Gasteiger partial charge in [0.05, 0.1) is 17.9 Å². The van der Waals surface area contributed by atoms with Gasteiger partial charge in [-0.3, -0.25) is 4.79 Å². The molecule has 1 atom stereocenters. The lowest BCUT2D eigenvalue weighted by molar-refractivity contribution is 0.0527. The highest BCUT2D eigenvalue weighted by Crippen LogP contribution is 2.34. The van der Waals surface area contributed by atoms with Gasteiger partial charge in [-0.2, -0.15) is 0 Å². The van der Waals surface area contributed by atoms with Crippen LogP contribution in [-0.4, -0.2) is 30.6 Å². The number of hydrogen-bond donors (Lipinski definition) is 2. The molecule has 1 aliphatic rings. The minimum atomic E-state index is -0.491. The maximum absolute atomic E-state index is 13.1. The first-order chi connectivity index (χ1) is 16.5. The van der Waals surface area contributed by atoms with Crippen LogP contribution < -0.4 is 15.5 Å². The van der Waals surface area contributed by atoms with Crippen LogP contribution in [0.2, 0.25) is 0 Å². The summed E-state index contributed by atoms with van der Waals surface area (Å²) in [5, 5.41) is 5.53. The van der Waals surface area contributed by atoms with Crippen molar-refractivity contribution in [3.63, 3.8) is 0 Å². The zero-order valence-corrected chi connectivity index (χ0v) is 19.2. The lowest BCUT2D eigenvalue weighted by atomic mass is 10.1. The molecule has 3 amide bonds. The molecule has 7 nitrogen and oxygen atoms in total. The van der Waals surface area contributed by atoms with Gasteiger partial charge in [0.25, 0.3) is 5.91 Å². The van der Waals surface area contributed by atoms with E-state index in [0.717, 1.165) is 23.2 Å². The summed E-state index contributed by atoms with van der Waals surface area (Å²) < 4.78 is 5.05. The van der Waals surface area contributed by atoms with Crippen molar-refractivity contribution >= 4 is 29.3 Å². The van der Waals surface area contributed by atoms with Crippen LogP contribution in [0.3, 0.4) is 0 Å². The molecule has 1 heterocycles. The molecule has 2 N–H and O–H groups in total. The molecule has 0 saturated heterocycles. The summed E-state index contributed by atoms with van der Waals surface area (Å²) in [6.45, 7) is 4.28. The van der Waals surface area contributed by atoms with Gasteiger partial charge >= 0.3 is 12.0 Å². The molecule has 0 unspecified atom stereocenters. The van der Waals surface area contributed by atoms with Crippen LogP contribution in [0.25, 0.3) is 0 Å². The monoisotopic (exact) mass is 457 g/mol. The molecule has 0 radical (unpaired) electrons. The van der Waals surface area contributed by atoms with Gasteiger partial charge in [-0.25, -0.2) is 9.59 Å². The smallest absolute Gasteiger partial charge is 0.340 e. The SMILES string of the molecule is CCOC(=O)c1ccccc1NC(=O)NCc1ccc2c(c1)N(C(=O)c1ccccc1)[C@H](C)C2. The number of para-hydroxylation sites is 1. The first-order valence-corrected chi connectivity index (χ1v) is 11.3. The number of nitrogens with zero attached hydrogens (tertiary/aromatic N) is 1. The van der Waals surface area contributed by atoms with Gasteiger partial charge in [0.15, 0.2) is 0 Å². The molecule has 3 aromatic rings. The lowest BCUT2D eigenvalue weighted by Crippen LogP contribution is -2.35. The molecular weight excluding hydrogens is 430 g/mol. The second kappa shape index (κ2) is 10.2. The number of benzene rings is 3. The van der Waals surface area contributed by atoms with Crippen molar-refractivity contribution in [2.24, 2.45) is 0 Å². The average molecular weight is 458 g/mol. The zero-order valence-electron chi connectivity index (χ0n) is 19.2. The number of rotatable bonds is 6. The first-order valence-electron chi connectivity index (χ1n) is 11.3. The van der Waals surface area contributed by atoms with Gasteiger partial charge in [0, 0.05) is 23.8 Å². The summed E-state index contributed by atoms with van der Waals surface area (Å²) in [6, 6.07) is 21.5. The molecule has 3 aromatic carbocycles. The molecular formula is C27H27N3O4. The fourth-order valence-electron chi connectivity index (χ4n) is 4.12. The topological polar surface area (TPSA) is 87.7 Å². The molecule has 174 valence electrons. The van der Waals surface area contributed by atoms with E-state index in [2.05, 4.69) is 10.6 Å². The van der Waals surface area contributed by atoms with Crippen LogP contribution in [0, 0.1) is 0 Å². The lowest BCUT2D eigenvalue weighted by Gasteiger charge is -2.23. The minimum Gasteiger partial charge on any atom is -0.462 e. The molecule has 4 rings (SSSR count). The fourth-order valence-corrected chi connectivity index (χ4v) is 4.12. The van der Waals surface area contributed by atoms with Crippen molar-refractivity contribution in [3.8, 4) is 0 Å². The van der Waals surface area contributed by atoms with Crippen molar-refractivity contribution in [1.82, 2.24) is 5.32 Å². The number of esters is 1. The average Bonchev–Trinajstić information content (AvgIpc) is 3.18. The van der Waals surface area contributed by atoms with Crippen molar-refractivity contribution in [3.05, 3.63) is 95.1 Å². The third kappa shape index (κ3) is 4.93. The van der Waals surface area contributed by atoms with Crippen molar-refractivity contribution in [2.45, 2.75) is 32.9 Å². The Labute approximate surface area is 198 Å². The van der Waals surface area contributed by atoms with Gasteiger partial charge in [-0.05, 0) is 61.7 Å². The Kier molecular flexibility index (Phi) is 6.92. The normalized spacial score (nSPS) is 14.3. The number of carbonyl (C=O) groups is 3. The third-order valence-electron chi connectivity index (χ3n) is 5.73. The van der Waals surface area contributed by atoms with Gasteiger partial charge < -0.3 is 20.3 Å². The highest BCUT2D eigenvalue weighted by Gasteiger charge is 2.31. The summed E-state index contributed by atoms with van der Waals surface area (Å²) in [7, 11) is 0. The maximum atomic E-state index is 13.1. The number of hydrogen-bond acceptors (Lipinski definition) is 4. The Balaban J connectivity index is 1.45. The molecule has 0 saturated carbocycles. The van der Waals surface area contributed by atoms with Crippen LogP contribution in [0.4, 0.5) is 16.2 Å². The molecule has 34 heavy (non-hydrogen) atoms. The molecule has 7 heteroatoms. The molecule has 0 aromatic heterocycles. The maximum Gasteiger partial charge on any atom is 0.340 e. The summed E-state index contributed by atoms with van der Waals surface area (Å²) in [5.41, 5.74) is 4.15. The molecule has 0 aliphatic carbocycles. The van der Waals surface area contributed by atoms with Gasteiger partial charge in [0.1, 0.15) is 0 Å². The van der Waals surface area contributed by atoms with Crippen LogP contribution in [0.5, 0.6) is 0 Å². The van der Waals surface area contributed by atoms with E-state index < -0.39 is 12.0 Å². The van der Waals surface area contributed by atoms with E-state index in [1.54, 1.807) is 31.2 Å². The second-order valence-corrected chi connectivity index (χ2v) is 8.13. The van der Waals surface area contributed by atoms with E-state index in [1.165, 1.54) is 0 Å². The van der Waals surface area contributed by atoms with E-state index in [9.17, 15) is 14.4 Å². The van der Waals surface area contributed by atoms with Gasteiger partial charge in [-0.1, -0.05) is 42.5 Å². The van der Waals surface area contributed by atoms with Crippen molar-refractivity contribution in [1.29, 1.82) is 0 Å². The first kappa shape index (κ1) is 23.0. The number of anilines is 2. The van der Waals surface area contributed by atoms with E-state index in [0.29, 0.717) is 16.8 Å². The number of amides is 3. The standard InChI is InChI=1S/C27H27N3O4/c1-3-34-26(32)22-11-7-8-12-23(22)29-27(33)28-17-19-13-14-21-15-18(2)30(24(21)16-19)25(31)20-9-5-4-6-10-20/h4-14,16,18H,3,15,17H2,1-2H3,(H2,28,29,33)/t18-/m1/s1. The summed E-state index contributed by atoms with van der Waals surface area (Å²) in [5.74, 6) is -0.528. The number of fused-ring (bicyclic) bond motifs is 1. The number of nitrogens with one attached hydrogen (secondary N) is 2. The minimum absolute atomic E-state index is 0.0368. The molecule has 1 aliphatic heterocycles. The van der Waals surface area contributed by atoms with Gasteiger partial charge in [0.2, 0.25) is 0 Å². The predicted molar refractivity (Wildman–Crippen MR) is 131 cm³/mol. The van der Waals surface area contributed by atoms with Crippen LogP contribution in [-0.2, 0) is 17.7 Å².